The summed E-state index contributed by atoms with van der Waals surface area (Å²) in [7, 11) is 0. The molecule has 2 heterocycles. The van der Waals surface area contributed by atoms with E-state index in [0.29, 0.717) is 23.0 Å². The van der Waals surface area contributed by atoms with Gasteiger partial charge in [-0.1, -0.05) is 40.2 Å². The Morgan fingerprint density at radius 1 is 1.19 bits per heavy atom. The number of amides is 1. The van der Waals surface area contributed by atoms with Crippen molar-refractivity contribution in [1.29, 1.82) is 0 Å². The lowest BCUT2D eigenvalue weighted by Gasteiger charge is -2.19. The van der Waals surface area contributed by atoms with Crippen LogP contribution in [0.15, 0.2) is 73.6 Å². The minimum atomic E-state index is -0.466. The molecule has 0 spiro atoms. The fourth-order valence-electron chi connectivity index (χ4n) is 3.18. The SMILES string of the molecule is CC(=O)N1N=C(c2ccc(Br)cc2)CC1c1coc2ccccc2c1=O. The quantitative estimate of drug-likeness (QED) is 0.633. The van der Waals surface area contributed by atoms with Crippen molar-refractivity contribution in [3.63, 3.8) is 0 Å². The number of hydrogen-bond donors (Lipinski definition) is 0. The van der Waals surface area contributed by atoms with Crippen LogP contribution in [0.4, 0.5) is 0 Å². The number of fused-ring (bicyclic) bond motifs is 1. The van der Waals surface area contributed by atoms with E-state index in [1.165, 1.54) is 18.2 Å². The van der Waals surface area contributed by atoms with Gasteiger partial charge >= 0.3 is 0 Å². The molecule has 1 aromatic heterocycles. The summed E-state index contributed by atoms with van der Waals surface area (Å²) in [6, 6.07) is 14.4. The second-order valence-corrected chi connectivity index (χ2v) is 7.07. The van der Waals surface area contributed by atoms with Gasteiger partial charge in [-0.3, -0.25) is 9.59 Å². The Labute approximate surface area is 158 Å². The molecule has 0 bridgehead atoms. The predicted molar refractivity (Wildman–Crippen MR) is 103 cm³/mol. The molecule has 0 radical (unpaired) electrons. The van der Waals surface area contributed by atoms with Gasteiger partial charge in [0.25, 0.3) is 0 Å². The van der Waals surface area contributed by atoms with Gasteiger partial charge in [-0.05, 0) is 29.8 Å². The van der Waals surface area contributed by atoms with Crippen LogP contribution in [0.5, 0.6) is 0 Å². The summed E-state index contributed by atoms with van der Waals surface area (Å²) < 4.78 is 6.59. The number of carbonyl (C=O) groups excluding carboxylic acids is 1. The molecule has 1 unspecified atom stereocenters. The Balaban J connectivity index is 1.77. The Hall–Kier alpha value is -2.73. The van der Waals surface area contributed by atoms with Crippen LogP contribution in [0.2, 0.25) is 0 Å². The predicted octanol–water partition coefficient (Wildman–Crippen LogP) is 4.25. The third-order valence-electron chi connectivity index (χ3n) is 4.48. The monoisotopic (exact) mass is 410 g/mol. The number of halogens is 1. The van der Waals surface area contributed by atoms with E-state index in [4.69, 9.17) is 4.42 Å². The molecule has 0 aliphatic carbocycles. The van der Waals surface area contributed by atoms with Gasteiger partial charge in [-0.2, -0.15) is 5.10 Å². The zero-order valence-corrected chi connectivity index (χ0v) is 15.6. The highest BCUT2D eigenvalue weighted by atomic mass is 79.9. The van der Waals surface area contributed by atoms with Crippen molar-refractivity contribution in [2.75, 3.05) is 0 Å². The first-order chi connectivity index (χ1) is 12.5. The second kappa shape index (κ2) is 6.53. The van der Waals surface area contributed by atoms with Crippen LogP contribution in [0.25, 0.3) is 11.0 Å². The minimum Gasteiger partial charge on any atom is -0.464 e. The van der Waals surface area contributed by atoms with E-state index in [0.717, 1.165) is 15.7 Å². The molecular formula is C20H15BrN2O3. The second-order valence-electron chi connectivity index (χ2n) is 6.15. The number of para-hydroxylation sites is 1. The highest BCUT2D eigenvalue weighted by Gasteiger charge is 2.33. The van der Waals surface area contributed by atoms with Gasteiger partial charge in [0.2, 0.25) is 5.91 Å². The Kier molecular flexibility index (Phi) is 4.20. The molecule has 5 nitrogen and oxygen atoms in total. The lowest BCUT2D eigenvalue weighted by Crippen LogP contribution is -2.28. The molecule has 1 aliphatic rings. The van der Waals surface area contributed by atoms with Gasteiger partial charge in [0, 0.05) is 17.8 Å². The molecule has 0 N–H and O–H groups in total. The molecule has 6 heteroatoms. The molecule has 0 fully saturated rings. The summed E-state index contributed by atoms with van der Waals surface area (Å²) in [5.74, 6) is -0.213. The number of hydrazone groups is 1. The third-order valence-corrected chi connectivity index (χ3v) is 5.00. The van der Waals surface area contributed by atoms with Gasteiger partial charge in [0.15, 0.2) is 5.43 Å². The van der Waals surface area contributed by atoms with E-state index < -0.39 is 6.04 Å². The smallest absolute Gasteiger partial charge is 0.240 e. The van der Waals surface area contributed by atoms with E-state index in [1.807, 2.05) is 30.3 Å². The molecule has 2 aromatic carbocycles. The zero-order chi connectivity index (χ0) is 18.3. The van der Waals surface area contributed by atoms with Gasteiger partial charge in [0.1, 0.15) is 11.8 Å². The molecule has 3 aromatic rings. The standard InChI is InChI=1S/C20H15BrN2O3/c1-12(24)23-18(10-17(22-23)13-6-8-14(21)9-7-13)16-11-26-19-5-3-2-4-15(19)20(16)25/h2-9,11,18H,10H2,1H3. The maximum Gasteiger partial charge on any atom is 0.240 e. The van der Waals surface area contributed by atoms with Crippen LogP contribution in [-0.4, -0.2) is 16.6 Å². The summed E-state index contributed by atoms with van der Waals surface area (Å²) in [6.45, 7) is 1.45. The number of rotatable bonds is 2. The van der Waals surface area contributed by atoms with Crippen molar-refractivity contribution in [2.45, 2.75) is 19.4 Å². The van der Waals surface area contributed by atoms with Gasteiger partial charge in [-0.25, -0.2) is 5.01 Å². The first kappa shape index (κ1) is 16.7. The Bertz CT molecular complexity index is 1090. The maximum atomic E-state index is 12.9. The van der Waals surface area contributed by atoms with Gasteiger partial charge in [0.05, 0.1) is 22.7 Å². The molecule has 130 valence electrons. The average molecular weight is 411 g/mol. The van der Waals surface area contributed by atoms with Gasteiger partial charge < -0.3 is 4.42 Å². The fourth-order valence-corrected chi connectivity index (χ4v) is 3.45. The normalized spacial score (nSPS) is 16.8. The number of hydrogen-bond acceptors (Lipinski definition) is 4. The summed E-state index contributed by atoms with van der Waals surface area (Å²) in [5, 5.41) is 6.35. The molecule has 1 atom stereocenters. The highest BCUT2D eigenvalue weighted by molar-refractivity contribution is 9.10. The third kappa shape index (κ3) is 2.86. The Morgan fingerprint density at radius 2 is 1.92 bits per heavy atom. The molecule has 26 heavy (non-hydrogen) atoms. The zero-order valence-electron chi connectivity index (χ0n) is 14.0. The van der Waals surface area contributed by atoms with E-state index in [9.17, 15) is 9.59 Å². The molecule has 0 saturated carbocycles. The fraction of sp³-hybridized carbons (Fsp3) is 0.150. The lowest BCUT2D eigenvalue weighted by molar-refractivity contribution is -0.130. The van der Waals surface area contributed by atoms with E-state index in [2.05, 4.69) is 21.0 Å². The number of carbonyl (C=O) groups is 1. The highest BCUT2D eigenvalue weighted by Crippen LogP contribution is 2.32. The number of nitrogens with zero attached hydrogens (tertiary/aromatic N) is 2. The van der Waals surface area contributed by atoms with Crippen LogP contribution in [0.3, 0.4) is 0 Å². The van der Waals surface area contributed by atoms with Crippen molar-refractivity contribution in [3.8, 4) is 0 Å². The summed E-state index contributed by atoms with van der Waals surface area (Å²) in [4.78, 5) is 25.0. The van der Waals surface area contributed by atoms with E-state index in [-0.39, 0.29) is 11.3 Å². The first-order valence-corrected chi connectivity index (χ1v) is 8.97. The largest absolute Gasteiger partial charge is 0.464 e. The van der Waals surface area contributed by atoms with Crippen molar-refractivity contribution in [3.05, 3.63) is 80.6 Å². The molecule has 0 saturated heterocycles. The average Bonchev–Trinajstić information content (AvgIpc) is 3.08. The molecule has 1 amide bonds. The molecule has 1 aliphatic heterocycles. The lowest BCUT2D eigenvalue weighted by atomic mass is 9.98. The van der Waals surface area contributed by atoms with Crippen LogP contribution in [0.1, 0.15) is 30.5 Å². The summed E-state index contributed by atoms with van der Waals surface area (Å²) >= 11 is 3.41. The number of benzene rings is 2. The first-order valence-electron chi connectivity index (χ1n) is 8.18. The molecular weight excluding hydrogens is 396 g/mol. The Morgan fingerprint density at radius 3 is 2.65 bits per heavy atom. The van der Waals surface area contributed by atoms with Crippen LogP contribution < -0.4 is 5.43 Å². The van der Waals surface area contributed by atoms with E-state index in [1.54, 1.807) is 18.2 Å². The van der Waals surface area contributed by atoms with E-state index >= 15 is 0 Å². The minimum absolute atomic E-state index is 0.129. The van der Waals surface area contributed by atoms with Gasteiger partial charge in [-0.15, -0.1) is 0 Å². The van der Waals surface area contributed by atoms with Crippen LogP contribution in [0, 0.1) is 0 Å². The van der Waals surface area contributed by atoms with Crippen molar-refractivity contribution >= 4 is 38.5 Å². The summed E-state index contributed by atoms with van der Waals surface area (Å²) in [5.41, 5.74) is 2.53. The van der Waals surface area contributed by atoms with Crippen molar-refractivity contribution in [2.24, 2.45) is 5.10 Å². The van der Waals surface area contributed by atoms with Crippen molar-refractivity contribution < 1.29 is 9.21 Å². The topological polar surface area (TPSA) is 62.9 Å². The van der Waals surface area contributed by atoms with Crippen LogP contribution in [-0.2, 0) is 4.79 Å². The maximum absolute atomic E-state index is 12.9. The van der Waals surface area contributed by atoms with Crippen molar-refractivity contribution in [1.82, 2.24) is 5.01 Å². The molecule has 4 rings (SSSR count). The summed E-state index contributed by atoms with van der Waals surface area (Å²) in [6.07, 6.45) is 1.91. The van der Waals surface area contributed by atoms with Crippen LogP contribution >= 0.6 is 15.9 Å².